The smallest absolute Gasteiger partial charge is 0.342 e. The van der Waals surface area contributed by atoms with E-state index in [9.17, 15) is 13.2 Å². The van der Waals surface area contributed by atoms with Gasteiger partial charge in [0.1, 0.15) is 22.9 Å². The van der Waals surface area contributed by atoms with E-state index in [1.165, 1.54) is 30.6 Å². The number of carbonyl (C=O) groups is 1. The number of methoxy groups -OCH3 is 3. The number of primary sulfonamides is 1. The molecule has 164 valence electrons. The van der Waals surface area contributed by atoms with Crippen LogP contribution in [-0.4, -0.2) is 40.7 Å². The van der Waals surface area contributed by atoms with E-state index in [1.54, 1.807) is 25.7 Å². The average Bonchev–Trinajstić information content (AvgIpc) is 3.24. The molecule has 0 aliphatic rings. The molecule has 31 heavy (non-hydrogen) atoms. The Balaban J connectivity index is 1.80. The van der Waals surface area contributed by atoms with Crippen molar-refractivity contribution in [3.63, 3.8) is 0 Å². The highest BCUT2D eigenvalue weighted by Crippen LogP contribution is 2.39. The summed E-state index contributed by atoms with van der Waals surface area (Å²) >= 11 is 1.35. The van der Waals surface area contributed by atoms with Crippen molar-refractivity contribution in [2.24, 2.45) is 5.14 Å². The number of ether oxygens (including phenoxy) is 4. The zero-order valence-electron chi connectivity index (χ0n) is 16.9. The third-order valence-electron chi connectivity index (χ3n) is 4.26. The second kappa shape index (κ2) is 9.33. The van der Waals surface area contributed by atoms with Gasteiger partial charge < -0.3 is 18.9 Å². The lowest BCUT2D eigenvalue weighted by Gasteiger charge is -2.10. The van der Waals surface area contributed by atoms with Crippen molar-refractivity contribution in [2.75, 3.05) is 21.3 Å². The van der Waals surface area contributed by atoms with Gasteiger partial charge in [0, 0.05) is 5.38 Å². The van der Waals surface area contributed by atoms with Crippen molar-refractivity contribution in [1.29, 1.82) is 0 Å². The summed E-state index contributed by atoms with van der Waals surface area (Å²) in [5.41, 5.74) is 1.20. The van der Waals surface area contributed by atoms with Crippen LogP contribution in [0.2, 0.25) is 0 Å². The Morgan fingerprint density at radius 1 is 1.06 bits per heavy atom. The number of nitrogens with two attached hydrogens (primary N) is 1. The minimum absolute atomic E-state index is 0.0565. The highest BCUT2D eigenvalue weighted by Gasteiger charge is 2.20. The lowest BCUT2D eigenvalue weighted by atomic mass is 10.2. The quantitative estimate of drug-likeness (QED) is 0.504. The maximum atomic E-state index is 12.5. The first-order valence-corrected chi connectivity index (χ1v) is 11.2. The maximum absolute atomic E-state index is 12.5. The average molecular weight is 465 g/mol. The fourth-order valence-electron chi connectivity index (χ4n) is 2.79. The van der Waals surface area contributed by atoms with Crippen molar-refractivity contribution in [3.8, 4) is 27.8 Å². The van der Waals surface area contributed by atoms with E-state index in [1.807, 2.05) is 12.1 Å². The second-order valence-electron chi connectivity index (χ2n) is 6.17. The van der Waals surface area contributed by atoms with E-state index >= 15 is 0 Å². The van der Waals surface area contributed by atoms with Gasteiger partial charge in [-0.3, -0.25) is 0 Å². The van der Waals surface area contributed by atoms with Gasteiger partial charge in [0.15, 0.2) is 11.5 Å². The summed E-state index contributed by atoms with van der Waals surface area (Å²) < 4.78 is 44.3. The van der Waals surface area contributed by atoms with Crippen molar-refractivity contribution >= 4 is 27.3 Å². The number of hydrogen-bond acceptors (Lipinski definition) is 9. The van der Waals surface area contributed by atoms with Gasteiger partial charge in [-0.2, -0.15) is 0 Å². The van der Waals surface area contributed by atoms with Gasteiger partial charge in [-0.15, -0.1) is 11.3 Å². The van der Waals surface area contributed by atoms with E-state index in [-0.39, 0.29) is 22.8 Å². The molecule has 3 rings (SSSR count). The molecule has 9 nitrogen and oxygen atoms in total. The number of esters is 1. The fraction of sp³-hybridized carbons (Fsp3) is 0.200. The molecule has 2 aromatic carbocycles. The Kier molecular flexibility index (Phi) is 6.78. The lowest BCUT2D eigenvalue weighted by Crippen LogP contribution is -2.14. The highest BCUT2D eigenvalue weighted by atomic mass is 32.2. The number of sulfonamides is 1. The van der Waals surface area contributed by atoms with Crippen molar-refractivity contribution < 1.29 is 32.2 Å². The maximum Gasteiger partial charge on any atom is 0.342 e. The van der Waals surface area contributed by atoms with Gasteiger partial charge >= 0.3 is 5.97 Å². The van der Waals surface area contributed by atoms with Gasteiger partial charge in [0.2, 0.25) is 10.0 Å². The first-order chi connectivity index (χ1) is 14.8. The predicted octanol–water partition coefficient (Wildman–Crippen LogP) is 2.84. The molecule has 2 N–H and O–H groups in total. The van der Waals surface area contributed by atoms with Crippen molar-refractivity contribution in [3.05, 3.63) is 53.0 Å². The molecule has 0 spiro atoms. The summed E-state index contributed by atoms with van der Waals surface area (Å²) in [5, 5.41) is 7.55. The van der Waals surface area contributed by atoms with Crippen LogP contribution < -0.4 is 19.3 Å². The van der Waals surface area contributed by atoms with Crippen LogP contribution in [0.1, 0.15) is 16.1 Å². The molecule has 0 fully saturated rings. The standard InChI is InChI=1S/C20H20N2O7S2/c1-26-16-8-7-13(31(21,24)25)9-15(16)20(23)29-10-12-11-30-19(22-12)14-5-4-6-17(27-2)18(14)28-3/h4-9,11H,10H2,1-3H3,(H2,21,24,25). The topological polar surface area (TPSA) is 127 Å². The SMILES string of the molecule is COc1ccc(S(N)(=O)=O)cc1C(=O)OCc1csc(-c2cccc(OC)c2OC)n1. The van der Waals surface area contributed by atoms with Crippen LogP contribution in [0.15, 0.2) is 46.7 Å². The van der Waals surface area contributed by atoms with Gasteiger partial charge in [0.25, 0.3) is 0 Å². The monoisotopic (exact) mass is 464 g/mol. The summed E-state index contributed by atoms with van der Waals surface area (Å²) in [5.74, 6) is 0.519. The lowest BCUT2D eigenvalue weighted by molar-refractivity contribution is 0.0464. The minimum atomic E-state index is -3.99. The van der Waals surface area contributed by atoms with Gasteiger partial charge in [-0.05, 0) is 30.3 Å². The van der Waals surface area contributed by atoms with Gasteiger partial charge in [-0.25, -0.2) is 23.3 Å². The van der Waals surface area contributed by atoms with Crippen molar-refractivity contribution in [1.82, 2.24) is 4.98 Å². The number of nitrogens with zero attached hydrogens (tertiary/aromatic N) is 1. The molecule has 1 aromatic heterocycles. The number of aromatic nitrogens is 1. The zero-order valence-corrected chi connectivity index (χ0v) is 18.6. The van der Waals surface area contributed by atoms with Crippen LogP contribution >= 0.6 is 11.3 Å². The largest absolute Gasteiger partial charge is 0.496 e. The molecule has 0 aliphatic heterocycles. The molecule has 0 saturated heterocycles. The zero-order chi connectivity index (χ0) is 22.6. The third kappa shape index (κ3) is 4.95. The first kappa shape index (κ1) is 22.5. The molecular weight excluding hydrogens is 444 g/mol. The van der Waals surface area contributed by atoms with E-state index in [2.05, 4.69) is 4.98 Å². The number of rotatable bonds is 8. The third-order valence-corrected chi connectivity index (χ3v) is 6.09. The summed E-state index contributed by atoms with van der Waals surface area (Å²) in [4.78, 5) is 16.8. The van der Waals surface area contributed by atoms with Crippen LogP contribution in [0, 0.1) is 0 Å². The predicted molar refractivity (Wildman–Crippen MR) is 114 cm³/mol. The summed E-state index contributed by atoms with van der Waals surface area (Å²) in [7, 11) is 0.463. The molecule has 11 heteroatoms. The number of benzene rings is 2. The molecule has 0 unspecified atom stereocenters. The molecule has 0 saturated carbocycles. The van der Waals surface area contributed by atoms with Crippen LogP contribution in [0.3, 0.4) is 0 Å². The number of thiazole rings is 1. The Morgan fingerprint density at radius 3 is 2.45 bits per heavy atom. The summed E-state index contributed by atoms with van der Waals surface area (Å²) in [6.07, 6.45) is 0. The number of hydrogen-bond donors (Lipinski definition) is 1. The Morgan fingerprint density at radius 2 is 1.81 bits per heavy atom. The highest BCUT2D eigenvalue weighted by molar-refractivity contribution is 7.89. The number of para-hydroxylation sites is 1. The first-order valence-electron chi connectivity index (χ1n) is 8.82. The molecule has 0 atom stereocenters. The summed E-state index contributed by atoms with van der Waals surface area (Å²) in [6, 6.07) is 9.15. The van der Waals surface area contributed by atoms with Crippen LogP contribution in [-0.2, 0) is 21.4 Å². The molecule has 0 aliphatic carbocycles. The Hall–Kier alpha value is -3.15. The van der Waals surface area contributed by atoms with Crippen LogP contribution in [0.4, 0.5) is 0 Å². The Labute approximate surface area is 183 Å². The summed E-state index contributed by atoms with van der Waals surface area (Å²) in [6.45, 7) is -0.121. The molecule has 3 aromatic rings. The van der Waals surface area contributed by atoms with E-state index in [4.69, 9.17) is 24.1 Å². The fourth-order valence-corrected chi connectivity index (χ4v) is 4.16. The molecular formula is C20H20N2O7S2. The Bertz CT molecular complexity index is 1210. The number of carbonyl (C=O) groups excluding carboxylic acids is 1. The molecule has 1 heterocycles. The van der Waals surface area contributed by atoms with E-state index in [0.717, 1.165) is 11.6 Å². The molecule has 0 bridgehead atoms. The molecule has 0 radical (unpaired) electrons. The van der Waals surface area contributed by atoms with Gasteiger partial charge in [0.05, 0.1) is 37.5 Å². The normalized spacial score (nSPS) is 11.1. The van der Waals surface area contributed by atoms with E-state index in [0.29, 0.717) is 22.2 Å². The minimum Gasteiger partial charge on any atom is -0.496 e. The van der Waals surface area contributed by atoms with Gasteiger partial charge in [-0.1, -0.05) is 6.07 Å². The van der Waals surface area contributed by atoms with E-state index < -0.39 is 16.0 Å². The second-order valence-corrected chi connectivity index (χ2v) is 8.59. The van der Waals surface area contributed by atoms with Crippen molar-refractivity contribution in [2.45, 2.75) is 11.5 Å². The van der Waals surface area contributed by atoms with Crippen LogP contribution in [0.5, 0.6) is 17.2 Å². The molecule has 0 amide bonds. The van der Waals surface area contributed by atoms with Crippen LogP contribution in [0.25, 0.3) is 10.6 Å².